The van der Waals surface area contributed by atoms with Crippen LogP contribution in [0.15, 0.2) is 18.9 Å². The molecule has 0 aromatic carbocycles. The maximum Gasteiger partial charge on any atom is 0.459 e. The number of nitrogens with one attached hydrogen (secondary N) is 1. The normalized spacial score (nSPS) is 29.2. The SMILES string of the molecule is CC(=O)OCc1cnc(C)c2c1CNP(=O)(OC[C@H]1O[C@@H](n3cnc4c(N)ncnc43)C(F)(Br)[C@H]1O)O2. The number of carbonyl (C=O) groups excluding carboxylic acids is 1. The Labute approximate surface area is 217 Å². The highest BCUT2D eigenvalue weighted by atomic mass is 79.9. The van der Waals surface area contributed by atoms with E-state index in [0.717, 1.165) is 0 Å². The molecule has 3 aromatic rings. The number of aromatic nitrogens is 5. The van der Waals surface area contributed by atoms with E-state index in [-0.39, 0.29) is 35.9 Å². The molecule has 14 nitrogen and oxygen atoms in total. The topological polar surface area (TPSA) is 186 Å². The zero-order valence-corrected chi connectivity index (χ0v) is 22.0. The summed E-state index contributed by atoms with van der Waals surface area (Å²) in [7, 11) is -3.96. The smallest absolute Gasteiger partial charge is 0.459 e. The van der Waals surface area contributed by atoms with E-state index in [0.29, 0.717) is 16.8 Å². The molecule has 2 unspecified atom stereocenters. The van der Waals surface area contributed by atoms with Gasteiger partial charge in [0.05, 0.1) is 18.6 Å². The summed E-state index contributed by atoms with van der Waals surface area (Å²) in [5.74, 6) is -0.141. The van der Waals surface area contributed by atoms with E-state index < -0.39 is 43.3 Å². The number of esters is 1. The zero-order valence-electron chi connectivity index (χ0n) is 19.5. The maximum atomic E-state index is 15.6. The lowest BCUT2D eigenvalue weighted by Gasteiger charge is -2.29. The number of hydrogen-bond donors (Lipinski definition) is 3. The maximum absolute atomic E-state index is 15.6. The fraction of sp³-hybridized carbons (Fsp3) is 0.450. The quantitative estimate of drug-likeness (QED) is 0.211. The Balaban J connectivity index is 1.32. The summed E-state index contributed by atoms with van der Waals surface area (Å²) >= 11 is 2.90. The molecule has 1 fully saturated rings. The largest absolute Gasteiger partial charge is 0.461 e. The molecule has 5 atom stereocenters. The molecule has 0 amide bonds. The van der Waals surface area contributed by atoms with Crippen molar-refractivity contribution >= 4 is 46.6 Å². The summed E-state index contributed by atoms with van der Waals surface area (Å²) in [6, 6.07) is 0. The molecule has 3 aromatic heterocycles. The molecule has 37 heavy (non-hydrogen) atoms. The Kier molecular flexibility index (Phi) is 6.66. The first-order chi connectivity index (χ1) is 17.5. The Bertz CT molecular complexity index is 1420. The number of carbonyl (C=O) groups is 1. The van der Waals surface area contributed by atoms with E-state index in [9.17, 15) is 14.5 Å². The number of aliphatic hydroxyl groups excluding tert-OH is 1. The minimum absolute atomic E-state index is 0.0338. The predicted molar refractivity (Wildman–Crippen MR) is 128 cm³/mol. The van der Waals surface area contributed by atoms with Crippen LogP contribution in [0, 0.1) is 6.92 Å². The molecule has 0 radical (unpaired) electrons. The number of halogens is 2. The number of alkyl halides is 2. The Morgan fingerprint density at radius 3 is 2.97 bits per heavy atom. The molecule has 5 heterocycles. The second kappa shape index (κ2) is 9.53. The van der Waals surface area contributed by atoms with Gasteiger partial charge in [-0.2, -0.15) is 0 Å². The summed E-state index contributed by atoms with van der Waals surface area (Å²) in [5.41, 5.74) is 7.86. The lowest BCUT2D eigenvalue weighted by atomic mass is 10.1. The minimum Gasteiger partial charge on any atom is -0.461 e. The Hall–Kier alpha value is -2.75. The minimum atomic E-state index is -3.96. The molecule has 0 bridgehead atoms. The van der Waals surface area contributed by atoms with E-state index in [1.807, 2.05) is 0 Å². The van der Waals surface area contributed by atoms with Gasteiger partial charge in [0.2, 0.25) is 4.58 Å². The number of ether oxygens (including phenoxy) is 2. The van der Waals surface area contributed by atoms with Gasteiger partial charge in [0.15, 0.2) is 23.4 Å². The van der Waals surface area contributed by atoms with Crippen molar-refractivity contribution in [2.75, 3.05) is 12.3 Å². The third-order valence-electron chi connectivity index (χ3n) is 5.92. The predicted octanol–water partition coefficient (Wildman–Crippen LogP) is 1.80. The second-order valence-corrected chi connectivity index (χ2v) is 11.4. The fourth-order valence-corrected chi connectivity index (χ4v) is 6.02. The summed E-state index contributed by atoms with van der Waals surface area (Å²) in [5, 5.41) is 13.3. The molecule has 0 spiro atoms. The monoisotopic (exact) mass is 601 g/mol. The molecule has 5 rings (SSSR count). The van der Waals surface area contributed by atoms with Gasteiger partial charge in [0, 0.05) is 30.8 Å². The lowest BCUT2D eigenvalue weighted by molar-refractivity contribution is -0.142. The number of nitrogen functional groups attached to an aromatic ring is 1. The van der Waals surface area contributed by atoms with Gasteiger partial charge in [-0.25, -0.2) is 29.0 Å². The van der Waals surface area contributed by atoms with Crippen molar-refractivity contribution in [2.24, 2.45) is 0 Å². The van der Waals surface area contributed by atoms with Crippen LogP contribution in [0.1, 0.15) is 30.0 Å². The second-order valence-electron chi connectivity index (χ2n) is 8.41. The van der Waals surface area contributed by atoms with Crippen molar-refractivity contribution in [3.8, 4) is 5.75 Å². The first-order valence-electron chi connectivity index (χ1n) is 10.9. The van der Waals surface area contributed by atoms with Crippen molar-refractivity contribution in [1.29, 1.82) is 0 Å². The number of rotatable bonds is 6. The number of anilines is 1. The molecule has 0 aliphatic carbocycles. The van der Waals surface area contributed by atoms with Crippen molar-refractivity contribution in [1.82, 2.24) is 29.6 Å². The van der Waals surface area contributed by atoms with Gasteiger partial charge in [0.1, 0.15) is 30.7 Å². The number of hydrogen-bond acceptors (Lipinski definition) is 12. The highest BCUT2D eigenvalue weighted by molar-refractivity contribution is 9.10. The molecule has 0 saturated carbocycles. The number of imidazole rings is 1. The molecule has 198 valence electrons. The van der Waals surface area contributed by atoms with Crippen LogP contribution in [0.5, 0.6) is 5.75 Å². The lowest BCUT2D eigenvalue weighted by Crippen LogP contribution is -2.38. The van der Waals surface area contributed by atoms with Crippen LogP contribution >= 0.6 is 23.7 Å². The molecule has 17 heteroatoms. The van der Waals surface area contributed by atoms with Crippen molar-refractivity contribution in [3.63, 3.8) is 0 Å². The van der Waals surface area contributed by atoms with Gasteiger partial charge in [0.25, 0.3) is 0 Å². The third kappa shape index (κ3) is 4.69. The molecule has 4 N–H and O–H groups in total. The first kappa shape index (κ1) is 25.9. The highest BCUT2D eigenvalue weighted by Crippen LogP contribution is 2.52. The van der Waals surface area contributed by atoms with Gasteiger partial charge in [-0.15, -0.1) is 0 Å². The number of aryl methyl sites for hydroxylation is 1. The molecular weight excluding hydrogens is 580 g/mol. The van der Waals surface area contributed by atoms with E-state index in [1.54, 1.807) is 6.92 Å². The number of aliphatic hydroxyl groups is 1. The number of nitrogens with zero attached hydrogens (tertiary/aromatic N) is 5. The van der Waals surface area contributed by atoms with Crippen LogP contribution in [0.4, 0.5) is 10.2 Å². The van der Waals surface area contributed by atoms with Crippen molar-refractivity contribution in [3.05, 3.63) is 35.7 Å². The van der Waals surface area contributed by atoms with Gasteiger partial charge >= 0.3 is 13.7 Å². The molecular formula is C20H22BrFN7O7P. The van der Waals surface area contributed by atoms with Gasteiger partial charge in [-0.1, -0.05) is 0 Å². The summed E-state index contributed by atoms with van der Waals surface area (Å²) < 4.78 is 49.6. The van der Waals surface area contributed by atoms with Crippen molar-refractivity contribution < 1.29 is 37.4 Å². The van der Waals surface area contributed by atoms with Crippen LogP contribution in [-0.2, 0) is 36.5 Å². The zero-order chi connectivity index (χ0) is 26.5. The van der Waals surface area contributed by atoms with Crippen LogP contribution in [0.2, 0.25) is 0 Å². The summed E-state index contributed by atoms with van der Waals surface area (Å²) in [4.78, 5) is 27.4. The van der Waals surface area contributed by atoms with Crippen LogP contribution in [0.25, 0.3) is 11.2 Å². The average molecular weight is 602 g/mol. The Morgan fingerprint density at radius 2 is 2.22 bits per heavy atom. The Morgan fingerprint density at radius 1 is 1.43 bits per heavy atom. The van der Waals surface area contributed by atoms with Gasteiger partial charge in [-0.05, 0) is 22.9 Å². The third-order valence-corrected chi connectivity index (χ3v) is 8.24. The summed E-state index contributed by atoms with van der Waals surface area (Å²) in [6.45, 7) is 2.49. The standard InChI is InChI=1S/C20H22BrFN7O7P/c1-9-15-12(11(3-24-9)5-33-10(2)30)4-28-37(32,36-15)34-6-13-16(31)20(21,22)19(35-13)29-8-27-14-17(23)25-7-26-18(14)29/h3,7-8,13,16,19,31H,4-6H2,1-2H3,(H,28,32)(H2,23,25,26)/t13-,16+,19-,20?,37?/m1/s1. The van der Waals surface area contributed by atoms with Gasteiger partial charge in [-0.3, -0.25) is 18.9 Å². The van der Waals surface area contributed by atoms with Crippen LogP contribution in [0.3, 0.4) is 0 Å². The number of nitrogens with two attached hydrogens (primary N) is 1. The number of pyridine rings is 1. The number of fused-ring (bicyclic) bond motifs is 2. The van der Waals surface area contributed by atoms with E-state index in [4.69, 9.17) is 24.3 Å². The van der Waals surface area contributed by atoms with E-state index in [2.05, 4.69) is 41.0 Å². The highest BCUT2D eigenvalue weighted by Gasteiger charge is 2.57. The molecule has 2 aliphatic heterocycles. The van der Waals surface area contributed by atoms with Crippen LogP contribution < -0.4 is 15.3 Å². The van der Waals surface area contributed by atoms with E-state index >= 15 is 4.39 Å². The first-order valence-corrected chi connectivity index (χ1v) is 13.3. The molecule has 1 saturated heterocycles. The summed E-state index contributed by atoms with van der Waals surface area (Å²) in [6.07, 6.45) is -0.389. The van der Waals surface area contributed by atoms with Crippen LogP contribution in [-0.4, -0.2) is 59.0 Å². The fourth-order valence-electron chi connectivity index (χ4n) is 4.01. The van der Waals surface area contributed by atoms with Gasteiger partial charge < -0.3 is 24.8 Å². The average Bonchev–Trinajstić information content (AvgIpc) is 3.37. The van der Waals surface area contributed by atoms with E-state index in [1.165, 1.54) is 30.3 Å². The molecule has 2 aliphatic rings. The van der Waals surface area contributed by atoms with Crippen molar-refractivity contribution in [2.45, 2.75) is 50.0 Å².